The molecule has 0 atom stereocenters. The minimum absolute atomic E-state index is 0.000566. The number of carbonyl (C=O) groups excluding carboxylic acids is 1. The summed E-state index contributed by atoms with van der Waals surface area (Å²) in [6, 6.07) is 3.99. The minimum Gasteiger partial charge on any atom is -0.287 e. The average Bonchev–Trinajstić information content (AvgIpc) is 2.70. The molecule has 0 saturated carbocycles. The molecule has 0 saturated heterocycles. The summed E-state index contributed by atoms with van der Waals surface area (Å²) in [7, 11) is 0. The fraction of sp³-hybridized carbons (Fsp3) is 0.231. The lowest BCUT2D eigenvalue weighted by atomic mass is 10.1. The average molecular weight is 346 g/mol. The van der Waals surface area contributed by atoms with E-state index in [1.54, 1.807) is 4.68 Å². The third kappa shape index (κ3) is 2.72. The van der Waals surface area contributed by atoms with Gasteiger partial charge in [-0.3, -0.25) is 9.48 Å². The molecule has 0 aliphatic heterocycles. The van der Waals surface area contributed by atoms with Crippen LogP contribution in [0.25, 0.3) is 0 Å². The minimum atomic E-state index is -0.638. The number of carbonyl (C=O) groups is 1. The van der Waals surface area contributed by atoms with Crippen LogP contribution in [0.4, 0.5) is 4.39 Å². The third-order valence-corrected chi connectivity index (χ3v) is 3.45. The van der Waals surface area contributed by atoms with Gasteiger partial charge in [0.15, 0.2) is 0 Å². The molecule has 0 spiro atoms. The quantitative estimate of drug-likeness (QED) is 0.780. The number of benzene rings is 1. The number of nitrogens with zero attached hydrogens (tertiary/aromatic N) is 2. The van der Waals surface area contributed by atoms with Crippen LogP contribution < -0.4 is 0 Å². The summed E-state index contributed by atoms with van der Waals surface area (Å²) in [6.45, 7) is 3.79. The van der Waals surface area contributed by atoms with Gasteiger partial charge >= 0.3 is 0 Å². The van der Waals surface area contributed by atoms with E-state index >= 15 is 0 Å². The highest BCUT2D eigenvalue weighted by Gasteiger charge is 2.22. The standard InChI is InChI=1S/C13H11BrClFN2O/c1-7(2)18-12(10(14)6-17-18)13(19)9-4-3-8(15)5-11(9)16/h3-7H,1-2H3. The van der Waals surface area contributed by atoms with Gasteiger partial charge in [0.1, 0.15) is 11.5 Å². The van der Waals surface area contributed by atoms with Crippen molar-refractivity contribution in [2.45, 2.75) is 19.9 Å². The summed E-state index contributed by atoms with van der Waals surface area (Å²) < 4.78 is 15.9. The van der Waals surface area contributed by atoms with E-state index in [-0.39, 0.29) is 16.6 Å². The molecular weight excluding hydrogens is 335 g/mol. The van der Waals surface area contributed by atoms with Gasteiger partial charge < -0.3 is 0 Å². The van der Waals surface area contributed by atoms with Crippen molar-refractivity contribution in [3.63, 3.8) is 0 Å². The van der Waals surface area contributed by atoms with Crippen molar-refractivity contribution >= 4 is 33.3 Å². The molecule has 0 aliphatic rings. The zero-order valence-electron chi connectivity index (χ0n) is 10.3. The van der Waals surface area contributed by atoms with Crippen molar-refractivity contribution in [2.75, 3.05) is 0 Å². The van der Waals surface area contributed by atoms with Gasteiger partial charge in [-0.1, -0.05) is 11.6 Å². The predicted molar refractivity (Wildman–Crippen MR) is 75.2 cm³/mol. The molecule has 6 heteroatoms. The second-order valence-electron chi connectivity index (χ2n) is 4.33. The van der Waals surface area contributed by atoms with Gasteiger partial charge in [-0.25, -0.2) is 4.39 Å². The van der Waals surface area contributed by atoms with Crippen molar-refractivity contribution < 1.29 is 9.18 Å². The molecule has 3 nitrogen and oxygen atoms in total. The van der Waals surface area contributed by atoms with Crippen molar-refractivity contribution in [1.82, 2.24) is 9.78 Å². The molecule has 0 N–H and O–H groups in total. The molecule has 100 valence electrons. The Morgan fingerprint density at radius 2 is 2.16 bits per heavy atom. The van der Waals surface area contributed by atoms with Crippen LogP contribution in [0.2, 0.25) is 5.02 Å². The monoisotopic (exact) mass is 344 g/mol. The van der Waals surface area contributed by atoms with Crippen molar-refractivity contribution in [2.24, 2.45) is 0 Å². The summed E-state index contributed by atoms with van der Waals surface area (Å²) in [5.41, 5.74) is 0.309. The Morgan fingerprint density at radius 3 is 2.74 bits per heavy atom. The topological polar surface area (TPSA) is 34.9 Å². The smallest absolute Gasteiger partial charge is 0.215 e. The van der Waals surface area contributed by atoms with E-state index in [9.17, 15) is 9.18 Å². The highest BCUT2D eigenvalue weighted by molar-refractivity contribution is 9.10. The molecule has 19 heavy (non-hydrogen) atoms. The van der Waals surface area contributed by atoms with E-state index in [0.717, 1.165) is 6.07 Å². The van der Waals surface area contributed by atoms with Gasteiger partial charge in [0, 0.05) is 11.1 Å². The van der Waals surface area contributed by atoms with Gasteiger partial charge in [0.2, 0.25) is 5.78 Å². The number of aromatic nitrogens is 2. The zero-order valence-corrected chi connectivity index (χ0v) is 12.7. The van der Waals surface area contributed by atoms with Gasteiger partial charge in [0.05, 0.1) is 16.2 Å². The molecule has 1 heterocycles. The maximum atomic E-state index is 13.8. The van der Waals surface area contributed by atoms with E-state index in [1.165, 1.54) is 18.3 Å². The lowest BCUT2D eigenvalue weighted by molar-refractivity contribution is 0.102. The molecule has 2 aromatic rings. The van der Waals surface area contributed by atoms with Crippen LogP contribution in [0.15, 0.2) is 28.9 Å². The fourth-order valence-electron chi connectivity index (χ4n) is 1.75. The van der Waals surface area contributed by atoms with Crippen LogP contribution in [0.3, 0.4) is 0 Å². The fourth-order valence-corrected chi connectivity index (χ4v) is 2.36. The van der Waals surface area contributed by atoms with Gasteiger partial charge in [-0.15, -0.1) is 0 Å². The van der Waals surface area contributed by atoms with Gasteiger partial charge in [-0.2, -0.15) is 5.10 Å². The largest absolute Gasteiger partial charge is 0.287 e. The highest BCUT2D eigenvalue weighted by atomic mass is 79.9. The van der Waals surface area contributed by atoms with Crippen LogP contribution in [-0.2, 0) is 0 Å². The SMILES string of the molecule is CC(C)n1ncc(Br)c1C(=O)c1ccc(Cl)cc1F. The van der Waals surface area contributed by atoms with Crippen LogP contribution in [0.1, 0.15) is 35.9 Å². The number of ketones is 1. The molecule has 2 rings (SSSR count). The lowest BCUT2D eigenvalue weighted by Crippen LogP contribution is -2.15. The second-order valence-corrected chi connectivity index (χ2v) is 5.62. The summed E-state index contributed by atoms with van der Waals surface area (Å²) in [5, 5.41) is 4.36. The summed E-state index contributed by atoms with van der Waals surface area (Å²) in [5.74, 6) is -1.06. The maximum Gasteiger partial charge on any atom is 0.215 e. The predicted octanol–water partition coefficient (Wildman–Crippen LogP) is 4.25. The molecule has 0 amide bonds. The van der Waals surface area contributed by atoms with Crippen LogP contribution in [-0.4, -0.2) is 15.6 Å². The Kier molecular flexibility index (Phi) is 4.06. The molecule has 0 unspecified atom stereocenters. The van der Waals surface area contributed by atoms with Crippen molar-refractivity contribution in [1.29, 1.82) is 0 Å². The van der Waals surface area contributed by atoms with Crippen LogP contribution in [0.5, 0.6) is 0 Å². The van der Waals surface area contributed by atoms with Gasteiger partial charge in [-0.05, 0) is 48.0 Å². The summed E-state index contributed by atoms with van der Waals surface area (Å²) in [4.78, 5) is 12.4. The molecular formula is C13H11BrClFN2O. The second kappa shape index (κ2) is 5.43. The number of hydrogen-bond donors (Lipinski definition) is 0. The Bertz CT molecular complexity index is 640. The van der Waals surface area contributed by atoms with Crippen molar-refractivity contribution in [3.8, 4) is 0 Å². The van der Waals surface area contributed by atoms with E-state index < -0.39 is 11.6 Å². The normalized spacial score (nSPS) is 11.1. The first-order chi connectivity index (χ1) is 8.91. The Morgan fingerprint density at radius 1 is 1.47 bits per heavy atom. The third-order valence-electron chi connectivity index (χ3n) is 2.63. The van der Waals surface area contributed by atoms with E-state index in [0.29, 0.717) is 10.2 Å². The molecule has 1 aromatic carbocycles. The molecule has 0 radical (unpaired) electrons. The van der Waals surface area contributed by atoms with Crippen LogP contribution in [0, 0.1) is 5.82 Å². The maximum absolute atomic E-state index is 13.8. The van der Waals surface area contributed by atoms with Crippen LogP contribution >= 0.6 is 27.5 Å². The van der Waals surface area contributed by atoms with E-state index in [4.69, 9.17) is 11.6 Å². The summed E-state index contributed by atoms with van der Waals surface area (Å²) >= 11 is 8.95. The molecule has 0 bridgehead atoms. The Balaban J connectivity index is 2.53. The van der Waals surface area contributed by atoms with E-state index in [2.05, 4.69) is 21.0 Å². The Hall–Kier alpha value is -1.20. The first-order valence-electron chi connectivity index (χ1n) is 5.64. The Labute approximate surface area is 123 Å². The summed E-state index contributed by atoms with van der Waals surface area (Å²) in [6.07, 6.45) is 1.53. The first-order valence-corrected chi connectivity index (χ1v) is 6.81. The lowest BCUT2D eigenvalue weighted by Gasteiger charge is -2.11. The molecule has 0 aliphatic carbocycles. The molecule has 0 fully saturated rings. The zero-order chi connectivity index (χ0) is 14.2. The van der Waals surface area contributed by atoms with E-state index in [1.807, 2.05) is 13.8 Å². The number of rotatable bonds is 3. The number of halogens is 3. The number of hydrogen-bond acceptors (Lipinski definition) is 2. The van der Waals surface area contributed by atoms with Gasteiger partial charge in [0.25, 0.3) is 0 Å². The first kappa shape index (κ1) is 14.2. The molecule has 1 aromatic heterocycles. The highest BCUT2D eigenvalue weighted by Crippen LogP contribution is 2.24. The van der Waals surface area contributed by atoms with Crippen molar-refractivity contribution in [3.05, 3.63) is 51.0 Å².